The zero-order chi connectivity index (χ0) is 14.7. The van der Waals surface area contributed by atoms with Crippen LogP contribution in [-0.2, 0) is 4.79 Å². The summed E-state index contributed by atoms with van der Waals surface area (Å²) in [4.78, 5) is 14.3. The maximum atomic E-state index is 12.1. The van der Waals surface area contributed by atoms with E-state index in [-0.39, 0.29) is 18.3 Å². The van der Waals surface area contributed by atoms with E-state index in [0.29, 0.717) is 25.0 Å². The summed E-state index contributed by atoms with van der Waals surface area (Å²) in [6.45, 7) is 6.23. The topological polar surface area (TPSA) is 58.4 Å². The molecular weight excluding hydrogens is 354 g/mol. The molecule has 1 heterocycles. The highest BCUT2D eigenvalue weighted by molar-refractivity contribution is 9.10. The largest absolute Gasteiger partial charge is 0.330 e. The minimum atomic E-state index is 0. The summed E-state index contributed by atoms with van der Waals surface area (Å²) in [5, 5.41) is 2.96. The number of anilines is 1. The van der Waals surface area contributed by atoms with Crippen molar-refractivity contribution in [1.82, 2.24) is 4.90 Å². The van der Waals surface area contributed by atoms with Crippen molar-refractivity contribution < 1.29 is 4.79 Å². The molecule has 1 aliphatic rings. The van der Waals surface area contributed by atoms with Gasteiger partial charge in [0.25, 0.3) is 0 Å². The number of carbonyl (C=O) groups excluding carboxylic acids is 1. The van der Waals surface area contributed by atoms with E-state index in [1.165, 1.54) is 0 Å². The maximum absolute atomic E-state index is 12.1. The van der Waals surface area contributed by atoms with Crippen LogP contribution < -0.4 is 11.1 Å². The predicted molar refractivity (Wildman–Crippen MR) is 93.0 cm³/mol. The lowest BCUT2D eigenvalue weighted by Gasteiger charge is -2.20. The number of carbonyl (C=O) groups is 1. The van der Waals surface area contributed by atoms with Crippen LogP contribution in [0.1, 0.15) is 18.9 Å². The SMILES string of the molecule is Cc1cc(NC(=O)CN2CC(CN)CC2C)ccc1Br.Cl. The first kappa shape index (κ1) is 18.4. The Hall–Kier alpha value is -0.620. The van der Waals surface area contributed by atoms with E-state index in [0.717, 1.165) is 28.7 Å². The van der Waals surface area contributed by atoms with E-state index in [1.54, 1.807) is 0 Å². The maximum Gasteiger partial charge on any atom is 0.238 e. The minimum absolute atomic E-state index is 0. The van der Waals surface area contributed by atoms with Gasteiger partial charge in [-0.15, -0.1) is 12.4 Å². The molecule has 6 heteroatoms. The van der Waals surface area contributed by atoms with Crippen molar-refractivity contribution in [2.75, 3.05) is 25.0 Å². The van der Waals surface area contributed by atoms with Crippen LogP contribution in [0.5, 0.6) is 0 Å². The van der Waals surface area contributed by atoms with Crippen LogP contribution in [0, 0.1) is 12.8 Å². The van der Waals surface area contributed by atoms with Crippen molar-refractivity contribution >= 4 is 39.9 Å². The quantitative estimate of drug-likeness (QED) is 0.849. The second-order valence-electron chi connectivity index (χ2n) is 5.63. The smallest absolute Gasteiger partial charge is 0.238 e. The van der Waals surface area contributed by atoms with Gasteiger partial charge in [-0.2, -0.15) is 0 Å². The third kappa shape index (κ3) is 4.95. The van der Waals surface area contributed by atoms with Crippen LogP contribution in [0.2, 0.25) is 0 Å². The average molecular weight is 377 g/mol. The lowest BCUT2D eigenvalue weighted by molar-refractivity contribution is -0.117. The van der Waals surface area contributed by atoms with Gasteiger partial charge in [0.1, 0.15) is 0 Å². The number of benzene rings is 1. The standard InChI is InChI=1S/C15H22BrN3O.ClH/c1-10-5-13(3-4-14(10)16)18-15(20)9-19-8-12(7-17)6-11(19)2;/h3-5,11-12H,6-9,17H2,1-2H3,(H,18,20);1H. The Balaban J connectivity index is 0.00000220. The van der Waals surface area contributed by atoms with Gasteiger partial charge in [0.15, 0.2) is 0 Å². The molecule has 1 aromatic rings. The first-order valence-electron chi connectivity index (χ1n) is 6.99. The van der Waals surface area contributed by atoms with Gasteiger partial charge in [0, 0.05) is 22.7 Å². The summed E-state index contributed by atoms with van der Waals surface area (Å²) in [5.41, 5.74) is 7.67. The van der Waals surface area contributed by atoms with E-state index >= 15 is 0 Å². The number of likely N-dealkylation sites (tertiary alicyclic amines) is 1. The van der Waals surface area contributed by atoms with E-state index in [9.17, 15) is 4.79 Å². The van der Waals surface area contributed by atoms with Gasteiger partial charge in [-0.25, -0.2) is 0 Å². The molecule has 0 aliphatic carbocycles. The third-order valence-electron chi connectivity index (χ3n) is 3.91. The molecule has 3 N–H and O–H groups in total. The van der Waals surface area contributed by atoms with Crippen LogP contribution in [-0.4, -0.2) is 36.5 Å². The number of hydrogen-bond acceptors (Lipinski definition) is 3. The summed E-state index contributed by atoms with van der Waals surface area (Å²) in [6.07, 6.45) is 1.08. The molecule has 0 bridgehead atoms. The monoisotopic (exact) mass is 375 g/mol. The van der Waals surface area contributed by atoms with E-state index in [4.69, 9.17) is 5.73 Å². The first-order valence-corrected chi connectivity index (χ1v) is 7.79. The molecule has 21 heavy (non-hydrogen) atoms. The Morgan fingerprint density at radius 3 is 2.81 bits per heavy atom. The van der Waals surface area contributed by atoms with Crippen LogP contribution in [0.4, 0.5) is 5.69 Å². The fourth-order valence-corrected chi connectivity index (χ4v) is 2.96. The molecule has 0 spiro atoms. The number of halogens is 2. The molecule has 118 valence electrons. The summed E-state index contributed by atoms with van der Waals surface area (Å²) in [5.74, 6) is 0.559. The first-order chi connectivity index (χ1) is 9.49. The highest BCUT2D eigenvalue weighted by Gasteiger charge is 2.29. The molecule has 1 aliphatic heterocycles. The van der Waals surface area contributed by atoms with E-state index < -0.39 is 0 Å². The molecule has 1 amide bonds. The highest BCUT2D eigenvalue weighted by atomic mass is 79.9. The molecule has 0 aromatic heterocycles. The molecule has 2 unspecified atom stereocenters. The Morgan fingerprint density at radius 1 is 1.52 bits per heavy atom. The van der Waals surface area contributed by atoms with Crippen LogP contribution >= 0.6 is 28.3 Å². The van der Waals surface area contributed by atoms with Gasteiger partial charge in [-0.1, -0.05) is 15.9 Å². The Bertz CT molecular complexity index is 498. The van der Waals surface area contributed by atoms with Crippen molar-refractivity contribution in [2.24, 2.45) is 11.7 Å². The van der Waals surface area contributed by atoms with Gasteiger partial charge in [0.05, 0.1) is 6.54 Å². The van der Waals surface area contributed by atoms with Crippen LogP contribution in [0.15, 0.2) is 22.7 Å². The second-order valence-corrected chi connectivity index (χ2v) is 6.48. The van der Waals surface area contributed by atoms with Crippen LogP contribution in [0.25, 0.3) is 0 Å². The predicted octanol–water partition coefficient (Wildman–Crippen LogP) is 2.79. The van der Waals surface area contributed by atoms with Crippen LogP contribution in [0.3, 0.4) is 0 Å². The Kier molecular flexibility index (Phi) is 7.13. The molecule has 4 nitrogen and oxygen atoms in total. The second kappa shape index (κ2) is 8.13. The number of rotatable bonds is 4. The van der Waals surface area contributed by atoms with Crippen molar-refractivity contribution in [3.05, 3.63) is 28.2 Å². The summed E-state index contributed by atoms with van der Waals surface area (Å²) < 4.78 is 1.05. The molecule has 1 fully saturated rings. The number of nitrogens with one attached hydrogen (secondary N) is 1. The molecule has 1 saturated heterocycles. The molecule has 2 atom stereocenters. The zero-order valence-electron chi connectivity index (χ0n) is 12.4. The minimum Gasteiger partial charge on any atom is -0.330 e. The number of amides is 1. The van der Waals surface area contributed by atoms with Crippen molar-refractivity contribution in [3.8, 4) is 0 Å². The van der Waals surface area contributed by atoms with Gasteiger partial charge in [0.2, 0.25) is 5.91 Å². The van der Waals surface area contributed by atoms with Gasteiger partial charge < -0.3 is 11.1 Å². The lowest BCUT2D eigenvalue weighted by atomic mass is 10.1. The van der Waals surface area contributed by atoms with E-state index in [2.05, 4.69) is 33.1 Å². The summed E-state index contributed by atoms with van der Waals surface area (Å²) >= 11 is 3.46. The number of hydrogen-bond donors (Lipinski definition) is 2. The molecule has 2 rings (SSSR count). The Labute approximate surface area is 141 Å². The van der Waals surface area contributed by atoms with Gasteiger partial charge in [-0.05, 0) is 56.5 Å². The molecule has 1 aromatic carbocycles. The highest BCUT2D eigenvalue weighted by Crippen LogP contribution is 2.22. The molecule has 0 saturated carbocycles. The molecular formula is C15H23BrClN3O. The summed E-state index contributed by atoms with van der Waals surface area (Å²) in [6, 6.07) is 6.26. The van der Waals surface area contributed by atoms with Gasteiger partial charge in [-0.3, -0.25) is 9.69 Å². The van der Waals surface area contributed by atoms with E-state index in [1.807, 2.05) is 25.1 Å². The summed E-state index contributed by atoms with van der Waals surface area (Å²) in [7, 11) is 0. The number of aryl methyl sites for hydroxylation is 1. The number of nitrogens with two attached hydrogens (primary N) is 1. The Morgan fingerprint density at radius 2 is 2.24 bits per heavy atom. The third-order valence-corrected chi connectivity index (χ3v) is 4.80. The zero-order valence-corrected chi connectivity index (χ0v) is 14.8. The molecule has 0 radical (unpaired) electrons. The van der Waals surface area contributed by atoms with Crippen molar-refractivity contribution in [3.63, 3.8) is 0 Å². The average Bonchev–Trinajstić information content (AvgIpc) is 2.74. The van der Waals surface area contributed by atoms with Crippen molar-refractivity contribution in [1.29, 1.82) is 0 Å². The van der Waals surface area contributed by atoms with Crippen molar-refractivity contribution in [2.45, 2.75) is 26.3 Å². The fraction of sp³-hybridized carbons (Fsp3) is 0.533. The lowest BCUT2D eigenvalue weighted by Crippen LogP contribution is -2.36. The fourth-order valence-electron chi connectivity index (χ4n) is 2.72. The van der Waals surface area contributed by atoms with Gasteiger partial charge >= 0.3 is 0 Å². The normalized spacial score (nSPS) is 21.9. The number of nitrogens with zero attached hydrogens (tertiary/aromatic N) is 1.